The summed E-state index contributed by atoms with van der Waals surface area (Å²) in [4.78, 5) is 22.2. The Bertz CT molecular complexity index is 735. The van der Waals surface area contributed by atoms with Crippen molar-refractivity contribution in [1.82, 2.24) is 0 Å². The second-order valence-corrected chi connectivity index (χ2v) is 4.95. The maximum absolute atomic E-state index is 12.1. The predicted molar refractivity (Wildman–Crippen MR) is 81.9 cm³/mol. The number of amides is 1. The molecule has 0 aromatic heterocycles. The fourth-order valence-electron chi connectivity index (χ4n) is 1.63. The Hall–Kier alpha value is -2.31. The number of nitrogens with one attached hydrogen (secondary N) is 1. The smallest absolute Gasteiger partial charge is 0.271 e. The zero-order valence-electron chi connectivity index (χ0n) is 10.5. The Morgan fingerprint density at radius 3 is 2.52 bits per heavy atom. The van der Waals surface area contributed by atoms with E-state index in [9.17, 15) is 14.9 Å². The van der Waals surface area contributed by atoms with Gasteiger partial charge in [0.25, 0.3) is 11.6 Å². The van der Waals surface area contributed by atoms with Gasteiger partial charge in [-0.1, -0.05) is 23.2 Å². The summed E-state index contributed by atoms with van der Waals surface area (Å²) in [5.74, 6) is -0.509. The molecule has 0 aliphatic heterocycles. The average Bonchev–Trinajstić information content (AvgIpc) is 2.43. The van der Waals surface area contributed by atoms with E-state index in [1.165, 1.54) is 24.3 Å². The monoisotopic (exact) mass is 325 g/mol. The van der Waals surface area contributed by atoms with E-state index < -0.39 is 10.8 Å². The Morgan fingerprint density at radius 2 is 1.90 bits per heavy atom. The fraction of sp³-hybridized carbons (Fsp3) is 0. The normalized spacial score (nSPS) is 10.2. The molecule has 8 heteroatoms. The molecule has 0 aliphatic rings. The van der Waals surface area contributed by atoms with E-state index in [2.05, 4.69) is 5.32 Å². The number of non-ortho nitro benzene ring substituents is 1. The lowest BCUT2D eigenvalue weighted by atomic mass is 10.1. The van der Waals surface area contributed by atoms with Crippen LogP contribution in [0.1, 0.15) is 10.4 Å². The van der Waals surface area contributed by atoms with Crippen LogP contribution in [0.5, 0.6) is 0 Å². The van der Waals surface area contributed by atoms with Crippen LogP contribution < -0.4 is 11.1 Å². The molecule has 0 saturated carbocycles. The molecule has 108 valence electrons. The highest BCUT2D eigenvalue weighted by Crippen LogP contribution is 2.28. The second-order valence-electron chi connectivity index (χ2n) is 4.11. The first-order chi connectivity index (χ1) is 9.88. The molecule has 0 heterocycles. The van der Waals surface area contributed by atoms with E-state index >= 15 is 0 Å². The molecule has 0 bridgehead atoms. The molecule has 1 amide bonds. The van der Waals surface area contributed by atoms with Crippen molar-refractivity contribution >= 4 is 46.2 Å². The Morgan fingerprint density at radius 1 is 1.19 bits per heavy atom. The minimum atomic E-state index is -0.577. The van der Waals surface area contributed by atoms with Crippen molar-refractivity contribution in [3.8, 4) is 0 Å². The highest BCUT2D eigenvalue weighted by atomic mass is 35.5. The average molecular weight is 326 g/mol. The van der Waals surface area contributed by atoms with E-state index in [-0.39, 0.29) is 27.6 Å². The highest BCUT2D eigenvalue weighted by molar-refractivity contribution is 6.34. The summed E-state index contributed by atoms with van der Waals surface area (Å²) in [6.45, 7) is 0. The number of nitro groups is 1. The first-order valence-corrected chi connectivity index (χ1v) is 6.44. The number of halogens is 2. The largest absolute Gasteiger partial charge is 0.398 e. The number of nitrogens with zero attached hydrogens (tertiary/aromatic N) is 1. The Kier molecular flexibility index (Phi) is 4.30. The van der Waals surface area contributed by atoms with Gasteiger partial charge >= 0.3 is 0 Å². The summed E-state index contributed by atoms with van der Waals surface area (Å²) in [5, 5.41) is 13.6. The van der Waals surface area contributed by atoms with Gasteiger partial charge in [0.15, 0.2) is 0 Å². The molecule has 2 rings (SSSR count). The molecule has 0 spiro atoms. The number of rotatable bonds is 3. The summed E-state index contributed by atoms with van der Waals surface area (Å²) >= 11 is 11.7. The third-order valence-corrected chi connectivity index (χ3v) is 3.22. The summed E-state index contributed by atoms with van der Waals surface area (Å²) in [7, 11) is 0. The van der Waals surface area contributed by atoms with Gasteiger partial charge in [-0.3, -0.25) is 14.9 Å². The number of benzene rings is 2. The number of hydrogen-bond donors (Lipinski definition) is 2. The first-order valence-electron chi connectivity index (χ1n) is 5.69. The molecule has 0 saturated heterocycles. The molecule has 6 nitrogen and oxygen atoms in total. The Balaban J connectivity index is 2.27. The van der Waals surface area contributed by atoms with E-state index in [0.29, 0.717) is 5.02 Å². The molecular formula is C13H9Cl2N3O3. The van der Waals surface area contributed by atoms with Gasteiger partial charge in [0, 0.05) is 22.8 Å². The van der Waals surface area contributed by atoms with Crippen molar-refractivity contribution in [3.05, 3.63) is 62.1 Å². The molecule has 0 radical (unpaired) electrons. The second kappa shape index (κ2) is 5.99. The van der Waals surface area contributed by atoms with Gasteiger partial charge in [-0.05, 0) is 24.3 Å². The summed E-state index contributed by atoms with van der Waals surface area (Å²) in [5.41, 5.74) is 6.23. The maximum atomic E-state index is 12.1. The van der Waals surface area contributed by atoms with Crippen molar-refractivity contribution in [2.24, 2.45) is 0 Å². The number of nitro benzene ring substituents is 1. The van der Waals surface area contributed by atoms with E-state index in [1.807, 2.05) is 0 Å². The van der Waals surface area contributed by atoms with E-state index in [1.54, 1.807) is 6.07 Å². The van der Waals surface area contributed by atoms with Gasteiger partial charge in [0.2, 0.25) is 0 Å². The van der Waals surface area contributed by atoms with Gasteiger partial charge in [-0.2, -0.15) is 0 Å². The summed E-state index contributed by atoms with van der Waals surface area (Å²) in [6, 6.07) is 8.23. The fourth-order valence-corrected chi connectivity index (χ4v) is 2.03. The number of nitrogen functional groups attached to an aromatic ring is 1. The quantitative estimate of drug-likeness (QED) is 0.510. The zero-order valence-corrected chi connectivity index (χ0v) is 12.0. The van der Waals surface area contributed by atoms with Crippen LogP contribution in [0.3, 0.4) is 0 Å². The molecule has 0 fully saturated rings. The number of hydrogen-bond acceptors (Lipinski definition) is 4. The molecule has 2 aromatic rings. The SMILES string of the molecule is Nc1ccc(Cl)cc1C(=O)Nc1ccc([N+](=O)[O-])cc1Cl. The molecule has 3 N–H and O–H groups in total. The van der Waals surface area contributed by atoms with Gasteiger partial charge in [0.05, 0.1) is 21.2 Å². The number of carbonyl (C=O) groups excluding carboxylic acids is 1. The highest BCUT2D eigenvalue weighted by Gasteiger charge is 2.14. The minimum Gasteiger partial charge on any atom is -0.398 e. The molecule has 21 heavy (non-hydrogen) atoms. The van der Waals surface area contributed by atoms with Crippen molar-refractivity contribution in [1.29, 1.82) is 0 Å². The van der Waals surface area contributed by atoms with Crippen LogP contribution in [-0.4, -0.2) is 10.8 Å². The third kappa shape index (κ3) is 3.42. The van der Waals surface area contributed by atoms with Crippen molar-refractivity contribution in [3.63, 3.8) is 0 Å². The molecule has 2 aromatic carbocycles. The predicted octanol–water partition coefficient (Wildman–Crippen LogP) is 3.74. The number of nitrogens with two attached hydrogens (primary N) is 1. The lowest BCUT2D eigenvalue weighted by Gasteiger charge is -2.09. The first kappa shape index (κ1) is 15.1. The molecular weight excluding hydrogens is 317 g/mol. The van der Waals surface area contributed by atoms with Crippen LogP contribution in [0.25, 0.3) is 0 Å². The third-order valence-electron chi connectivity index (χ3n) is 2.67. The van der Waals surface area contributed by atoms with Crippen LogP contribution in [0.2, 0.25) is 10.0 Å². The summed E-state index contributed by atoms with van der Waals surface area (Å²) in [6.07, 6.45) is 0. The van der Waals surface area contributed by atoms with Crippen LogP contribution >= 0.6 is 23.2 Å². The lowest BCUT2D eigenvalue weighted by molar-refractivity contribution is -0.384. The van der Waals surface area contributed by atoms with E-state index in [0.717, 1.165) is 6.07 Å². The molecule has 0 aliphatic carbocycles. The van der Waals surface area contributed by atoms with Crippen molar-refractivity contribution in [2.75, 3.05) is 11.1 Å². The minimum absolute atomic E-state index is 0.0538. The van der Waals surface area contributed by atoms with Gasteiger partial charge in [0.1, 0.15) is 0 Å². The summed E-state index contributed by atoms with van der Waals surface area (Å²) < 4.78 is 0. The van der Waals surface area contributed by atoms with Crippen LogP contribution in [0.4, 0.5) is 17.1 Å². The van der Waals surface area contributed by atoms with Crippen LogP contribution in [0, 0.1) is 10.1 Å². The van der Waals surface area contributed by atoms with Crippen molar-refractivity contribution < 1.29 is 9.72 Å². The van der Waals surface area contributed by atoms with Crippen LogP contribution in [-0.2, 0) is 0 Å². The van der Waals surface area contributed by atoms with Crippen molar-refractivity contribution in [2.45, 2.75) is 0 Å². The zero-order chi connectivity index (χ0) is 15.6. The van der Waals surface area contributed by atoms with Gasteiger partial charge in [-0.15, -0.1) is 0 Å². The molecule has 0 unspecified atom stereocenters. The maximum Gasteiger partial charge on any atom is 0.271 e. The lowest BCUT2D eigenvalue weighted by Crippen LogP contribution is -2.14. The van der Waals surface area contributed by atoms with E-state index in [4.69, 9.17) is 28.9 Å². The van der Waals surface area contributed by atoms with Gasteiger partial charge < -0.3 is 11.1 Å². The Labute approximate surface area is 129 Å². The molecule has 0 atom stereocenters. The number of anilines is 2. The topological polar surface area (TPSA) is 98.3 Å². The van der Waals surface area contributed by atoms with Crippen LogP contribution in [0.15, 0.2) is 36.4 Å². The van der Waals surface area contributed by atoms with Gasteiger partial charge in [-0.25, -0.2) is 0 Å². The standard InChI is InChI=1S/C13H9Cl2N3O3/c14-7-1-3-11(16)9(5-7)13(19)17-12-4-2-8(18(20)21)6-10(12)15/h1-6H,16H2,(H,17,19). The number of carbonyl (C=O) groups is 1.